The predicted molar refractivity (Wildman–Crippen MR) is 106 cm³/mol. The fraction of sp³-hybridized carbons (Fsp3) is 0.429. The number of esters is 1. The largest absolute Gasteiger partial charge is 0.464 e. The van der Waals surface area contributed by atoms with Gasteiger partial charge in [0.2, 0.25) is 0 Å². The Morgan fingerprint density at radius 3 is 2.38 bits per heavy atom. The van der Waals surface area contributed by atoms with Crippen molar-refractivity contribution in [2.24, 2.45) is 0 Å². The normalized spacial score (nSPS) is 14.8. The third-order valence-corrected chi connectivity index (χ3v) is 5.00. The van der Waals surface area contributed by atoms with Crippen LogP contribution in [0, 0.1) is 5.82 Å². The molecule has 29 heavy (non-hydrogen) atoms. The van der Waals surface area contributed by atoms with Gasteiger partial charge in [0.05, 0.1) is 6.61 Å². The minimum absolute atomic E-state index is 0.129. The van der Waals surface area contributed by atoms with E-state index < -0.39 is 17.4 Å². The summed E-state index contributed by atoms with van der Waals surface area (Å²) in [4.78, 5) is 24.3. The molecule has 1 heterocycles. The zero-order chi connectivity index (χ0) is 21.1. The van der Waals surface area contributed by atoms with Crippen molar-refractivity contribution < 1.29 is 18.7 Å². The quantitative estimate of drug-likeness (QED) is 0.662. The fourth-order valence-electron chi connectivity index (χ4n) is 2.92. The SMILES string of the molecule is CCOC(=O)C1(NC(=O)c2ccc(NCC(C)(C)c3ccc(F)cc3)nn2)CC1. The molecule has 0 atom stereocenters. The highest BCUT2D eigenvalue weighted by molar-refractivity contribution is 5.98. The molecule has 1 aliphatic rings. The lowest BCUT2D eigenvalue weighted by Crippen LogP contribution is -2.44. The molecule has 8 heteroatoms. The van der Waals surface area contributed by atoms with Crippen LogP contribution in [-0.2, 0) is 14.9 Å². The zero-order valence-corrected chi connectivity index (χ0v) is 16.8. The predicted octanol–water partition coefficient (Wildman–Crippen LogP) is 2.83. The monoisotopic (exact) mass is 400 g/mol. The van der Waals surface area contributed by atoms with Gasteiger partial charge in [-0.1, -0.05) is 26.0 Å². The Morgan fingerprint density at radius 1 is 1.14 bits per heavy atom. The van der Waals surface area contributed by atoms with E-state index >= 15 is 0 Å². The molecule has 3 rings (SSSR count). The molecule has 0 saturated heterocycles. The van der Waals surface area contributed by atoms with Crippen molar-refractivity contribution in [3.8, 4) is 0 Å². The number of hydrogen-bond acceptors (Lipinski definition) is 6. The van der Waals surface area contributed by atoms with E-state index in [1.807, 2.05) is 13.8 Å². The highest BCUT2D eigenvalue weighted by atomic mass is 19.1. The second kappa shape index (κ2) is 8.14. The number of nitrogens with one attached hydrogen (secondary N) is 2. The van der Waals surface area contributed by atoms with E-state index in [0.29, 0.717) is 25.2 Å². The van der Waals surface area contributed by atoms with Crippen LogP contribution in [0.3, 0.4) is 0 Å². The Morgan fingerprint density at radius 2 is 1.83 bits per heavy atom. The number of benzene rings is 1. The van der Waals surface area contributed by atoms with Gasteiger partial charge < -0.3 is 15.4 Å². The number of carbonyl (C=O) groups is 2. The summed E-state index contributed by atoms with van der Waals surface area (Å²) in [5, 5.41) is 13.9. The van der Waals surface area contributed by atoms with Crippen LogP contribution in [-0.4, -0.2) is 40.8 Å². The van der Waals surface area contributed by atoms with E-state index in [1.165, 1.54) is 12.1 Å². The first kappa shape index (κ1) is 20.7. The summed E-state index contributed by atoms with van der Waals surface area (Å²) < 4.78 is 18.1. The third-order valence-electron chi connectivity index (χ3n) is 5.00. The van der Waals surface area contributed by atoms with E-state index in [-0.39, 0.29) is 23.5 Å². The summed E-state index contributed by atoms with van der Waals surface area (Å²) in [5.41, 5.74) is -0.0677. The number of halogens is 1. The number of amides is 1. The lowest BCUT2D eigenvalue weighted by molar-refractivity contribution is -0.146. The molecular weight excluding hydrogens is 375 g/mol. The first-order valence-corrected chi connectivity index (χ1v) is 9.59. The summed E-state index contributed by atoms with van der Waals surface area (Å²) >= 11 is 0. The summed E-state index contributed by atoms with van der Waals surface area (Å²) in [6.45, 7) is 6.61. The molecule has 2 N–H and O–H groups in total. The molecule has 0 bridgehead atoms. The third kappa shape index (κ3) is 4.88. The fourth-order valence-corrected chi connectivity index (χ4v) is 2.92. The van der Waals surface area contributed by atoms with E-state index in [9.17, 15) is 14.0 Å². The molecule has 1 aliphatic carbocycles. The van der Waals surface area contributed by atoms with Crippen molar-refractivity contribution in [3.05, 3.63) is 53.5 Å². The van der Waals surface area contributed by atoms with E-state index in [4.69, 9.17) is 4.74 Å². The van der Waals surface area contributed by atoms with Crippen LogP contribution in [0.1, 0.15) is 49.7 Å². The second-order valence-electron chi connectivity index (χ2n) is 7.80. The maximum atomic E-state index is 13.1. The van der Waals surface area contributed by atoms with Gasteiger partial charge in [-0.25, -0.2) is 9.18 Å². The average molecular weight is 400 g/mol. The van der Waals surface area contributed by atoms with E-state index in [0.717, 1.165) is 5.56 Å². The molecule has 0 radical (unpaired) electrons. The molecule has 0 unspecified atom stereocenters. The number of rotatable bonds is 8. The first-order chi connectivity index (χ1) is 13.8. The molecule has 0 aliphatic heterocycles. The first-order valence-electron chi connectivity index (χ1n) is 9.59. The van der Waals surface area contributed by atoms with Gasteiger partial charge >= 0.3 is 5.97 Å². The molecular formula is C21H25FN4O3. The lowest BCUT2D eigenvalue weighted by atomic mass is 9.84. The van der Waals surface area contributed by atoms with Gasteiger partial charge in [-0.3, -0.25) is 4.79 Å². The number of aromatic nitrogens is 2. The Labute approximate surface area is 169 Å². The van der Waals surface area contributed by atoms with Crippen LogP contribution >= 0.6 is 0 Å². The number of ether oxygens (including phenoxy) is 1. The molecule has 2 aromatic rings. The standard InChI is InChI=1S/C21H25FN4O3/c1-4-29-19(28)21(11-12-21)24-18(27)16-9-10-17(26-25-16)23-13-20(2,3)14-5-7-15(22)8-6-14/h5-10H,4,11-13H2,1-3H3,(H,23,26)(H,24,27). The Balaban J connectivity index is 1.58. The minimum atomic E-state index is -0.926. The summed E-state index contributed by atoms with van der Waals surface area (Å²) in [6, 6.07) is 9.60. The highest BCUT2D eigenvalue weighted by Crippen LogP contribution is 2.36. The molecule has 1 aromatic carbocycles. The molecule has 0 spiro atoms. The van der Waals surface area contributed by atoms with Gasteiger partial charge in [-0.2, -0.15) is 0 Å². The molecule has 1 saturated carbocycles. The van der Waals surface area contributed by atoms with Gasteiger partial charge in [0.15, 0.2) is 5.69 Å². The molecule has 154 valence electrons. The van der Waals surface area contributed by atoms with Crippen molar-refractivity contribution >= 4 is 17.7 Å². The number of nitrogens with zero attached hydrogens (tertiary/aromatic N) is 2. The lowest BCUT2D eigenvalue weighted by Gasteiger charge is -2.25. The Bertz CT molecular complexity index is 878. The molecule has 1 amide bonds. The highest BCUT2D eigenvalue weighted by Gasteiger charge is 2.52. The van der Waals surface area contributed by atoms with E-state index in [1.54, 1.807) is 31.2 Å². The van der Waals surface area contributed by atoms with Crippen molar-refractivity contribution in [1.29, 1.82) is 0 Å². The topological polar surface area (TPSA) is 93.2 Å². The summed E-state index contributed by atoms with van der Waals surface area (Å²) in [5.74, 6) is -0.625. The van der Waals surface area contributed by atoms with Crippen molar-refractivity contribution in [2.45, 2.75) is 44.6 Å². The maximum Gasteiger partial charge on any atom is 0.331 e. The van der Waals surface area contributed by atoms with Gasteiger partial charge in [-0.05, 0) is 49.6 Å². The smallest absolute Gasteiger partial charge is 0.331 e. The van der Waals surface area contributed by atoms with Crippen LogP contribution in [0.5, 0.6) is 0 Å². The van der Waals surface area contributed by atoms with Crippen LogP contribution in [0.4, 0.5) is 10.2 Å². The van der Waals surface area contributed by atoms with E-state index in [2.05, 4.69) is 20.8 Å². The van der Waals surface area contributed by atoms with Gasteiger partial charge in [0, 0.05) is 12.0 Å². The zero-order valence-electron chi connectivity index (χ0n) is 16.8. The van der Waals surface area contributed by atoms with Crippen molar-refractivity contribution in [3.63, 3.8) is 0 Å². The minimum Gasteiger partial charge on any atom is -0.464 e. The summed E-state index contributed by atoms with van der Waals surface area (Å²) in [6.07, 6.45) is 1.12. The van der Waals surface area contributed by atoms with Crippen molar-refractivity contribution in [1.82, 2.24) is 15.5 Å². The summed E-state index contributed by atoms with van der Waals surface area (Å²) in [7, 11) is 0. The average Bonchev–Trinajstić information content (AvgIpc) is 3.48. The number of carbonyl (C=O) groups excluding carboxylic acids is 2. The number of hydrogen-bond donors (Lipinski definition) is 2. The Kier molecular flexibility index (Phi) is 5.81. The number of anilines is 1. The van der Waals surface area contributed by atoms with Gasteiger partial charge in [0.25, 0.3) is 5.91 Å². The molecule has 7 nitrogen and oxygen atoms in total. The maximum absolute atomic E-state index is 13.1. The van der Waals surface area contributed by atoms with Crippen LogP contribution in [0.25, 0.3) is 0 Å². The molecule has 1 fully saturated rings. The van der Waals surface area contributed by atoms with Crippen LogP contribution in [0.15, 0.2) is 36.4 Å². The Hall–Kier alpha value is -3.03. The van der Waals surface area contributed by atoms with Crippen LogP contribution < -0.4 is 10.6 Å². The molecule has 1 aromatic heterocycles. The van der Waals surface area contributed by atoms with Gasteiger partial charge in [-0.15, -0.1) is 10.2 Å². The van der Waals surface area contributed by atoms with Gasteiger partial charge in [0.1, 0.15) is 17.2 Å². The second-order valence-corrected chi connectivity index (χ2v) is 7.80. The van der Waals surface area contributed by atoms with Crippen molar-refractivity contribution in [2.75, 3.05) is 18.5 Å². The van der Waals surface area contributed by atoms with Crippen LogP contribution in [0.2, 0.25) is 0 Å².